The number of aryl methyl sites for hydroxylation is 1. The summed E-state index contributed by atoms with van der Waals surface area (Å²) < 4.78 is 48.5. The van der Waals surface area contributed by atoms with Crippen LogP contribution in [0.5, 0.6) is 5.88 Å². The summed E-state index contributed by atoms with van der Waals surface area (Å²) in [5.41, 5.74) is 6.76. The van der Waals surface area contributed by atoms with Crippen molar-refractivity contribution in [3.63, 3.8) is 0 Å². The Balaban J connectivity index is 1.86. The molecule has 0 aliphatic carbocycles. The number of aliphatic hydroxyl groups is 1. The number of benzene rings is 1. The van der Waals surface area contributed by atoms with Crippen LogP contribution >= 0.6 is 0 Å². The molecule has 188 valence electrons. The number of nitrogen functional groups attached to an aromatic ring is 1. The molecular weight excluding hydrogens is 473 g/mol. The van der Waals surface area contributed by atoms with E-state index in [1.54, 1.807) is 44.6 Å². The molecule has 0 amide bonds. The fourth-order valence-electron chi connectivity index (χ4n) is 3.87. The number of hydrogen-bond donors (Lipinski definition) is 2. The maximum Gasteiger partial charge on any atom is 0.280 e. The van der Waals surface area contributed by atoms with Gasteiger partial charge in [-0.15, -0.1) is 0 Å². The lowest BCUT2D eigenvalue weighted by atomic mass is 9.99. The molecule has 0 saturated heterocycles. The predicted octanol–water partition coefficient (Wildman–Crippen LogP) is 4.71. The van der Waals surface area contributed by atoms with E-state index in [9.17, 15) is 18.3 Å². The third-order valence-electron chi connectivity index (χ3n) is 5.55. The average Bonchev–Trinajstić information content (AvgIpc) is 3.18. The minimum atomic E-state index is -2.80. The van der Waals surface area contributed by atoms with Crippen LogP contribution in [0.25, 0.3) is 22.4 Å². The van der Waals surface area contributed by atoms with Gasteiger partial charge < -0.3 is 20.1 Å². The Morgan fingerprint density at radius 3 is 2.39 bits per heavy atom. The standard InChI is InChI=1S/C25H25F3N6O2/c1-13-9-15(10-17(31-13)22(27)28)20-21(14-5-7-16(26)8-6-14)32-24(29)33-23(20)36-12-19-30-11-18(34(19)4)25(2,3)35/h5-11,22,35H,12H2,1-4H3,(H2,29,32,33). The highest BCUT2D eigenvalue weighted by Gasteiger charge is 2.24. The Morgan fingerprint density at radius 2 is 1.78 bits per heavy atom. The number of aromatic nitrogens is 5. The zero-order chi connectivity index (χ0) is 26.2. The van der Waals surface area contributed by atoms with Crippen molar-refractivity contribution in [2.24, 2.45) is 7.05 Å². The van der Waals surface area contributed by atoms with Gasteiger partial charge in [-0.1, -0.05) is 0 Å². The normalized spacial score (nSPS) is 11.8. The second-order valence-corrected chi connectivity index (χ2v) is 8.81. The first kappa shape index (κ1) is 25.1. The summed E-state index contributed by atoms with van der Waals surface area (Å²) in [5, 5.41) is 10.3. The van der Waals surface area contributed by atoms with E-state index < -0.39 is 23.5 Å². The van der Waals surface area contributed by atoms with E-state index in [2.05, 4.69) is 19.9 Å². The largest absolute Gasteiger partial charge is 0.469 e. The van der Waals surface area contributed by atoms with E-state index in [-0.39, 0.29) is 24.1 Å². The second kappa shape index (κ2) is 9.57. The molecule has 1 aromatic carbocycles. The van der Waals surface area contributed by atoms with Gasteiger partial charge in [-0.3, -0.25) is 4.98 Å². The number of ether oxygens (including phenoxy) is 1. The van der Waals surface area contributed by atoms with Gasteiger partial charge in [0.2, 0.25) is 11.8 Å². The Bertz CT molecular complexity index is 1400. The monoisotopic (exact) mass is 498 g/mol. The van der Waals surface area contributed by atoms with Gasteiger partial charge in [-0.05, 0) is 62.7 Å². The van der Waals surface area contributed by atoms with Crippen LogP contribution < -0.4 is 10.5 Å². The topological polar surface area (TPSA) is 112 Å². The summed E-state index contributed by atoms with van der Waals surface area (Å²) in [4.78, 5) is 16.8. The quantitative estimate of drug-likeness (QED) is 0.379. The smallest absolute Gasteiger partial charge is 0.280 e. The predicted molar refractivity (Wildman–Crippen MR) is 128 cm³/mol. The number of anilines is 1. The lowest BCUT2D eigenvalue weighted by Crippen LogP contribution is -2.20. The number of hydrogen-bond acceptors (Lipinski definition) is 7. The summed E-state index contributed by atoms with van der Waals surface area (Å²) in [6, 6.07) is 8.35. The van der Waals surface area contributed by atoms with Crippen molar-refractivity contribution in [2.75, 3.05) is 5.73 Å². The van der Waals surface area contributed by atoms with Crippen molar-refractivity contribution in [1.82, 2.24) is 24.5 Å². The lowest BCUT2D eigenvalue weighted by molar-refractivity contribution is 0.0702. The number of halogens is 3. The maximum atomic E-state index is 13.6. The van der Waals surface area contributed by atoms with Crippen LogP contribution in [0.1, 0.15) is 43.2 Å². The number of imidazole rings is 1. The number of nitrogens with two attached hydrogens (primary N) is 1. The van der Waals surface area contributed by atoms with Crippen LogP contribution in [0.3, 0.4) is 0 Å². The molecule has 4 aromatic rings. The minimum Gasteiger partial charge on any atom is -0.469 e. The highest BCUT2D eigenvalue weighted by atomic mass is 19.3. The lowest BCUT2D eigenvalue weighted by Gasteiger charge is -2.19. The van der Waals surface area contributed by atoms with E-state index in [1.807, 2.05) is 0 Å². The number of alkyl halides is 2. The molecule has 3 N–H and O–H groups in total. The first-order chi connectivity index (χ1) is 16.9. The molecule has 8 nitrogen and oxygen atoms in total. The summed E-state index contributed by atoms with van der Waals surface area (Å²) in [6.45, 7) is 4.81. The van der Waals surface area contributed by atoms with E-state index in [0.717, 1.165) is 0 Å². The Kier molecular flexibility index (Phi) is 6.68. The first-order valence-electron chi connectivity index (χ1n) is 11.0. The molecule has 0 atom stereocenters. The van der Waals surface area contributed by atoms with Crippen molar-refractivity contribution < 1.29 is 23.0 Å². The highest BCUT2D eigenvalue weighted by Crippen LogP contribution is 2.39. The molecule has 0 fully saturated rings. The van der Waals surface area contributed by atoms with E-state index >= 15 is 0 Å². The zero-order valence-corrected chi connectivity index (χ0v) is 20.1. The van der Waals surface area contributed by atoms with Crippen molar-refractivity contribution >= 4 is 5.95 Å². The van der Waals surface area contributed by atoms with Crippen LogP contribution in [-0.2, 0) is 19.3 Å². The van der Waals surface area contributed by atoms with Gasteiger partial charge in [-0.2, -0.15) is 4.98 Å². The van der Waals surface area contributed by atoms with E-state index in [4.69, 9.17) is 10.5 Å². The fraction of sp³-hybridized carbons (Fsp3) is 0.280. The average molecular weight is 499 g/mol. The molecule has 0 unspecified atom stereocenters. The molecule has 0 aliphatic rings. The SMILES string of the molecule is Cc1cc(-c2c(OCc3ncc(C(C)(C)O)n3C)nc(N)nc2-c2ccc(F)cc2)cc(C(F)F)n1. The molecule has 0 spiro atoms. The van der Waals surface area contributed by atoms with Crippen LogP contribution in [0.15, 0.2) is 42.6 Å². The van der Waals surface area contributed by atoms with Crippen molar-refractivity contribution in [3.05, 3.63) is 71.3 Å². The van der Waals surface area contributed by atoms with Gasteiger partial charge in [0.05, 0.1) is 23.1 Å². The summed E-state index contributed by atoms with van der Waals surface area (Å²) in [5.74, 6) is -0.0564. The Labute approximate surface area is 205 Å². The number of nitrogens with zero attached hydrogens (tertiary/aromatic N) is 5. The molecule has 11 heteroatoms. The molecule has 0 saturated carbocycles. The molecule has 36 heavy (non-hydrogen) atoms. The third-order valence-corrected chi connectivity index (χ3v) is 5.55. The maximum absolute atomic E-state index is 13.6. The summed E-state index contributed by atoms with van der Waals surface area (Å²) in [6.07, 6.45) is -1.26. The molecular formula is C25H25F3N6O2. The highest BCUT2D eigenvalue weighted by molar-refractivity contribution is 5.85. The van der Waals surface area contributed by atoms with E-state index in [1.165, 1.54) is 30.3 Å². The van der Waals surface area contributed by atoms with Crippen LogP contribution in [0, 0.1) is 12.7 Å². The van der Waals surface area contributed by atoms with Crippen molar-refractivity contribution in [1.29, 1.82) is 0 Å². The summed E-state index contributed by atoms with van der Waals surface area (Å²) in [7, 11) is 1.74. The molecule has 4 rings (SSSR count). The van der Waals surface area contributed by atoms with Crippen LogP contribution in [-0.4, -0.2) is 29.6 Å². The Hall–Kier alpha value is -3.99. The zero-order valence-electron chi connectivity index (χ0n) is 20.1. The van der Waals surface area contributed by atoms with Crippen molar-refractivity contribution in [3.8, 4) is 28.3 Å². The second-order valence-electron chi connectivity index (χ2n) is 8.81. The third kappa shape index (κ3) is 5.15. The van der Waals surface area contributed by atoms with E-state index in [0.29, 0.717) is 33.9 Å². The minimum absolute atomic E-state index is 0.0282. The van der Waals surface area contributed by atoms with Crippen LogP contribution in [0.2, 0.25) is 0 Å². The Morgan fingerprint density at radius 1 is 1.08 bits per heavy atom. The molecule has 0 bridgehead atoms. The van der Waals surface area contributed by atoms with Gasteiger partial charge in [0.15, 0.2) is 0 Å². The number of rotatable bonds is 7. The van der Waals surface area contributed by atoms with Gasteiger partial charge in [0, 0.05) is 18.3 Å². The van der Waals surface area contributed by atoms with Gasteiger partial charge in [0.1, 0.15) is 29.5 Å². The number of pyridine rings is 1. The molecule has 3 aromatic heterocycles. The molecule has 3 heterocycles. The fourth-order valence-corrected chi connectivity index (χ4v) is 3.87. The first-order valence-corrected chi connectivity index (χ1v) is 11.0. The van der Waals surface area contributed by atoms with Gasteiger partial charge >= 0.3 is 0 Å². The van der Waals surface area contributed by atoms with Crippen molar-refractivity contribution in [2.45, 2.75) is 39.4 Å². The molecule has 0 radical (unpaired) electrons. The van der Waals surface area contributed by atoms with Crippen LogP contribution in [0.4, 0.5) is 19.1 Å². The van der Waals surface area contributed by atoms with Gasteiger partial charge in [-0.25, -0.2) is 23.1 Å². The summed E-state index contributed by atoms with van der Waals surface area (Å²) >= 11 is 0. The van der Waals surface area contributed by atoms with Gasteiger partial charge in [0.25, 0.3) is 6.43 Å². The molecule has 0 aliphatic heterocycles.